The molecular formula is C14H9Br2NO3S. The standard InChI is InChI=1S/C14H9Br2NO3S/c15-8-6-10(14(19)20)13(11(16)7-8)17-12(18)4-3-9-2-1-5-21-9/h1-7H,(H,17,18)(H,19,20). The van der Waals surface area contributed by atoms with E-state index in [1.807, 2.05) is 17.5 Å². The molecule has 1 amide bonds. The molecule has 108 valence electrons. The van der Waals surface area contributed by atoms with Crippen LogP contribution >= 0.6 is 43.2 Å². The fraction of sp³-hybridized carbons (Fsp3) is 0. The zero-order valence-electron chi connectivity index (χ0n) is 10.5. The van der Waals surface area contributed by atoms with Crippen LogP contribution in [-0.2, 0) is 4.79 Å². The number of halogens is 2. The third-order valence-corrected chi connectivity index (χ3v) is 4.40. The summed E-state index contributed by atoms with van der Waals surface area (Å²) >= 11 is 7.98. The summed E-state index contributed by atoms with van der Waals surface area (Å²) in [6, 6.07) is 6.87. The monoisotopic (exact) mass is 429 g/mol. The molecule has 1 aromatic heterocycles. The number of amides is 1. The highest BCUT2D eigenvalue weighted by molar-refractivity contribution is 9.11. The van der Waals surface area contributed by atoms with Crippen molar-refractivity contribution < 1.29 is 14.7 Å². The van der Waals surface area contributed by atoms with Crippen LogP contribution in [-0.4, -0.2) is 17.0 Å². The van der Waals surface area contributed by atoms with Crippen molar-refractivity contribution in [3.8, 4) is 0 Å². The van der Waals surface area contributed by atoms with Crippen LogP contribution in [0.25, 0.3) is 6.08 Å². The predicted octanol–water partition coefficient (Wildman–Crippen LogP) is 4.62. The van der Waals surface area contributed by atoms with Crippen LogP contribution in [0.2, 0.25) is 0 Å². The minimum absolute atomic E-state index is 0.00845. The van der Waals surface area contributed by atoms with Gasteiger partial charge in [-0.25, -0.2) is 4.79 Å². The van der Waals surface area contributed by atoms with Crippen molar-refractivity contribution in [2.75, 3.05) is 5.32 Å². The molecule has 1 aromatic carbocycles. The van der Waals surface area contributed by atoms with Crippen molar-refractivity contribution in [2.24, 2.45) is 0 Å². The summed E-state index contributed by atoms with van der Waals surface area (Å²) in [6.07, 6.45) is 3.04. The molecule has 0 atom stereocenters. The number of benzene rings is 1. The third-order valence-electron chi connectivity index (χ3n) is 2.48. The summed E-state index contributed by atoms with van der Waals surface area (Å²) < 4.78 is 1.10. The van der Waals surface area contributed by atoms with E-state index in [0.29, 0.717) is 8.95 Å². The average molecular weight is 431 g/mol. The number of carbonyl (C=O) groups excluding carboxylic acids is 1. The van der Waals surface area contributed by atoms with Crippen LogP contribution in [0, 0.1) is 0 Å². The Kier molecular flexibility index (Phi) is 5.33. The molecule has 2 aromatic rings. The average Bonchev–Trinajstić information content (AvgIpc) is 2.92. The second-order valence-electron chi connectivity index (χ2n) is 3.95. The highest BCUT2D eigenvalue weighted by Gasteiger charge is 2.16. The summed E-state index contributed by atoms with van der Waals surface area (Å²) in [5, 5.41) is 13.7. The van der Waals surface area contributed by atoms with E-state index >= 15 is 0 Å². The first-order chi connectivity index (χ1) is 9.97. The molecule has 4 nitrogen and oxygen atoms in total. The third kappa shape index (κ3) is 4.26. The number of hydrogen-bond donors (Lipinski definition) is 2. The van der Waals surface area contributed by atoms with Gasteiger partial charge < -0.3 is 10.4 Å². The molecule has 21 heavy (non-hydrogen) atoms. The highest BCUT2D eigenvalue weighted by atomic mass is 79.9. The van der Waals surface area contributed by atoms with Gasteiger partial charge in [0.25, 0.3) is 0 Å². The van der Waals surface area contributed by atoms with E-state index < -0.39 is 11.9 Å². The lowest BCUT2D eigenvalue weighted by Crippen LogP contribution is -2.12. The number of hydrogen-bond acceptors (Lipinski definition) is 3. The summed E-state index contributed by atoms with van der Waals surface area (Å²) in [4.78, 5) is 24.1. The Morgan fingerprint density at radius 3 is 2.67 bits per heavy atom. The second-order valence-corrected chi connectivity index (χ2v) is 6.70. The number of aromatic carboxylic acids is 1. The number of thiophene rings is 1. The van der Waals surface area contributed by atoms with Gasteiger partial charge in [-0.05, 0) is 45.6 Å². The first-order valence-corrected chi connectivity index (χ1v) is 8.19. The van der Waals surface area contributed by atoms with E-state index in [2.05, 4.69) is 37.2 Å². The fourth-order valence-corrected chi connectivity index (χ4v) is 3.52. The van der Waals surface area contributed by atoms with E-state index in [0.717, 1.165) is 4.88 Å². The fourth-order valence-electron chi connectivity index (χ4n) is 1.58. The van der Waals surface area contributed by atoms with Gasteiger partial charge in [0, 0.05) is 19.9 Å². The van der Waals surface area contributed by atoms with Crippen LogP contribution in [0.15, 0.2) is 44.7 Å². The number of anilines is 1. The molecule has 0 unspecified atom stereocenters. The lowest BCUT2D eigenvalue weighted by molar-refractivity contribution is -0.111. The molecule has 0 radical (unpaired) electrons. The Morgan fingerprint density at radius 2 is 2.05 bits per heavy atom. The van der Waals surface area contributed by atoms with Crippen molar-refractivity contribution >= 4 is 66.8 Å². The normalized spacial score (nSPS) is 10.8. The molecule has 0 bridgehead atoms. The van der Waals surface area contributed by atoms with E-state index in [1.165, 1.54) is 23.5 Å². The van der Waals surface area contributed by atoms with Gasteiger partial charge in [0.2, 0.25) is 5.91 Å². The molecular weight excluding hydrogens is 422 g/mol. The van der Waals surface area contributed by atoms with Gasteiger partial charge in [0.05, 0.1) is 11.3 Å². The highest BCUT2D eigenvalue weighted by Crippen LogP contribution is 2.31. The quantitative estimate of drug-likeness (QED) is 0.695. The van der Waals surface area contributed by atoms with Crippen LogP contribution < -0.4 is 5.32 Å². The summed E-state index contributed by atoms with van der Waals surface area (Å²) in [5.41, 5.74) is 0.237. The molecule has 2 rings (SSSR count). The van der Waals surface area contributed by atoms with Crippen LogP contribution in [0.3, 0.4) is 0 Å². The van der Waals surface area contributed by atoms with Gasteiger partial charge in [0.15, 0.2) is 0 Å². The molecule has 0 aliphatic heterocycles. The first kappa shape index (κ1) is 15.9. The maximum atomic E-state index is 11.9. The summed E-state index contributed by atoms with van der Waals surface area (Å²) in [6.45, 7) is 0. The molecule has 0 spiro atoms. The molecule has 7 heteroatoms. The molecule has 0 fully saturated rings. The van der Waals surface area contributed by atoms with Gasteiger partial charge in [-0.1, -0.05) is 22.0 Å². The zero-order chi connectivity index (χ0) is 15.4. The lowest BCUT2D eigenvalue weighted by atomic mass is 10.2. The Morgan fingerprint density at radius 1 is 1.29 bits per heavy atom. The van der Waals surface area contributed by atoms with Crippen molar-refractivity contribution in [1.29, 1.82) is 0 Å². The maximum Gasteiger partial charge on any atom is 0.337 e. The molecule has 2 N–H and O–H groups in total. The maximum absolute atomic E-state index is 11.9. The van der Waals surface area contributed by atoms with E-state index in [-0.39, 0.29) is 11.3 Å². The Hall–Kier alpha value is -1.44. The SMILES string of the molecule is O=C(C=Cc1cccs1)Nc1c(Br)cc(Br)cc1C(=O)O. The summed E-state index contributed by atoms with van der Waals surface area (Å²) in [7, 11) is 0. The van der Waals surface area contributed by atoms with Gasteiger partial charge in [-0.3, -0.25) is 4.79 Å². The largest absolute Gasteiger partial charge is 0.478 e. The number of rotatable bonds is 4. The first-order valence-electron chi connectivity index (χ1n) is 5.72. The number of carbonyl (C=O) groups is 2. The lowest BCUT2D eigenvalue weighted by Gasteiger charge is -2.10. The second kappa shape index (κ2) is 7.02. The number of nitrogens with one attached hydrogen (secondary N) is 1. The van der Waals surface area contributed by atoms with E-state index in [1.54, 1.807) is 12.1 Å². The molecule has 1 heterocycles. The van der Waals surface area contributed by atoms with Gasteiger partial charge in [-0.2, -0.15) is 0 Å². The molecule has 0 aliphatic carbocycles. The van der Waals surface area contributed by atoms with Gasteiger partial charge in [0.1, 0.15) is 0 Å². The smallest absolute Gasteiger partial charge is 0.337 e. The minimum atomic E-state index is -1.12. The van der Waals surface area contributed by atoms with Crippen LogP contribution in [0.4, 0.5) is 5.69 Å². The molecule has 0 saturated carbocycles. The minimum Gasteiger partial charge on any atom is -0.478 e. The van der Waals surface area contributed by atoms with Crippen molar-refractivity contribution in [3.05, 3.63) is 55.1 Å². The van der Waals surface area contributed by atoms with E-state index in [9.17, 15) is 14.7 Å². The Labute approximate surface area is 141 Å². The van der Waals surface area contributed by atoms with Crippen LogP contribution in [0.5, 0.6) is 0 Å². The Balaban J connectivity index is 2.23. The van der Waals surface area contributed by atoms with Crippen molar-refractivity contribution in [3.63, 3.8) is 0 Å². The van der Waals surface area contributed by atoms with E-state index in [4.69, 9.17) is 0 Å². The van der Waals surface area contributed by atoms with Gasteiger partial charge >= 0.3 is 5.97 Å². The predicted molar refractivity (Wildman–Crippen MR) is 90.8 cm³/mol. The molecule has 0 saturated heterocycles. The zero-order valence-corrected chi connectivity index (χ0v) is 14.5. The Bertz CT molecular complexity index is 711. The summed E-state index contributed by atoms with van der Waals surface area (Å²) in [5.74, 6) is -1.51. The topological polar surface area (TPSA) is 66.4 Å². The van der Waals surface area contributed by atoms with Crippen LogP contribution in [0.1, 0.15) is 15.2 Å². The number of carboxylic acid groups (broad SMARTS) is 1. The number of carboxylic acids is 1. The van der Waals surface area contributed by atoms with Gasteiger partial charge in [-0.15, -0.1) is 11.3 Å². The van der Waals surface area contributed by atoms with Crippen molar-refractivity contribution in [2.45, 2.75) is 0 Å². The molecule has 0 aliphatic rings. The van der Waals surface area contributed by atoms with Crippen molar-refractivity contribution in [1.82, 2.24) is 0 Å².